The molecule has 1 unspecified atom stereocenters. The van der Waals surface area contributed by atoms with E-state index in [2.05, 4.69) is 0 Å². The lowest BCUT2D eigenvalue weighted by Crippen LogP contribution is -2.46. The molecule has 4 heteroatoms. The van der Waals surface area contributed by atoms with Crippen LogP contribution in [0.4, 0.5) is 8.78 Å². The molecule has 0 aliphatic rings. The molecule has 0 heterocycles. The van der Waals surface area contributed by atoms with Crippen LogP contribution in [0.2, 0.25) is 0 Å². The highest BCUT2D eigenvalue weighted by Gasteiger charge is 2.39. The summed E-state index contributed by atoms with van der Waals surface area (Å²) in [4.78, 5) is 11.6. The van der Waals surface area contributed by atoms with E-state index in [9.17, 15) is 18.7 Å². The average molecular weight is 222 g/mol. The fourth-order valence-corrected chi connectivity index (χ4v) is 1.52. The summed E-state index contributed by atoms with van der Waals surface area (Å²) in [5, 5.41) is 9.40. The van der Waals surface area contributed by atoms with Crippen LogP contribution in [-0.2, 0) is 4.79 Å². The van der Waals surface area contributed by atoms with Gasteiger partial charge in [-0.3, -0.25) is 4.79 Å². The minimum absolute atomic E-state index is 0.429. The number of ketones is 1. The molecule has 0 saturated heterocycles. The maximum Gasteiger partial charge on any atom is 0.179 e. The van der Waals surface area contributed by atoms with Gasteiger partial charge >= 0.3 is 0 Å². The highest BCUT2D eigenvalue weighted by atomic mass is 19.1. The molecule has 1 atom stereocenters. The normalized spacial score (nSPS) is 13.9. The molecule has 15 heavy (non-hydrogen) atoms. The first kappa shape index (κ1) is 14.5. The summed E-state index contributed by atoms with van der Waals surface area (Å²) in [7, 11) is 0. The Morgan fingerprint density at radius 3 is 2.20 bits per heavy atom. The van der Waals surface area contributed by atoms with E-state index in [0.29, 0.717) is 12.8 Å². The highest BCUT2D eigenvalue weighted by molar-refractivity contribution is 5.89. The number of hydrogen-bond donors (Lipinski definition) is 1. The maximum atomic E-state index is 12.4. The van der Waals surface area contributed by atoms with Crippen LogP contribution >= 0.6 is 0 Å². The molecule has 0 aliphatic carbocycles. The van der Waals surface area contributed by atoms with Gasteiger partial charge < -0.3 is 5.11 Å². The molecule has 0 aromatic heterocycles. The third kappa shape index (κ3) is 3.86. The van der Waals surface area contributed by atoms with Gasteiger partial charge in [0.05, 0.1) is 0 Å². The Hall–Kier alpha value is -0.510. The lowest BCUT2D eigenvalue weighted by Gasteiger charge is -2.24. The van der Waals surface area contributed by atoms with Gasteiger partial charge in [-0.1, -0.05) is 26.7 Å². The molecular formula is C11H20F2O2. The number of aliphatic hydroxyl groups is 1. The van der Waals surface area contributed by atoms with Gasteiger partial charge in [-0.2, -0.15) is 0 Å². The predicted octanol–water partition coefficient (Wildman–Crippen LogP) is 2.44. The second kappa shape index (κ2) is 6.88. The lowest BCUT2D eigenvalue weighted by atomic mass is 9.85. The van der Waals surface area contributed by atoms with E-state index in [1.165, 1.54) is 0 Å². The monoisotopic (exact) mass is 222 g/mol. The molecule has 2 nitrogen and oxygen atoms in total. The first-order valence-electron chi connectivity index (χ1n) is 5.44. The van der Waals surface area contributed by atoms with E-state index in [1.807, 2.05) is 6.92 Å². The van der Waals surface area contributed by atoms with E-state index < -0.39 is 30.7 Å². The summed E-state index contributed by atoms with van der Waals surface area (Å²) in [5.41, 5.74) is -2.41. The van der Waals surface area contributed by atoms with Crippen molar-refractivity contribution in [1.29, 1.82) is 0 Å². The van der Waals surface area contributed by atoms with Crippen LogP contribution in [0.25, 0.3) is 0 Å². The first-order valence-corrected chi connectivity index (χ1v) is 5.44. The van der Waals surface area contributed by atoms with E-state index >= 15 is 0 Å². The van der Waals surface area contributed by atoms with Crippen LogP contribution < -0.4 is 0 Å². The third-order valence-corrected chi connectivity index (χ3v) is 2.67. The Kier molecular flexibility index (Phi) is 6.65. The fourth-order valence-electron chi connectivity index (χ4n) is 1.52. The van der Waals surface area contributed by atoms with Gasteiger partial charge in [-0.05, 0) is 12.8 Å². The molecule has 0 aromatic carbocycles. The molecule has 90 valence electrons. The van der Waals surface area contributed by atoms with Gasteiger partial charge in [-0.15, -0.1) is 0 Å². The first-order chi connectivity index (χ1) is 7.05. The largest absolute Gasteiger partial charge is 0.377 e. The van der Waals surface area contributed by atoms with Crippen molar-refractivity contribution < 1.29 is 18.7 Å². The summed E-state index contributed by atoms with van der Waals surface area (Å²) < 4.78 is 24.8. The van der Waals surface area contributed by atoms with E-state index in [-0.39, 0.29) is 0 Å². The van der Waals surface area contributed by atoms with Crippen LogP contribution in [0.1, 0.15) is 39.5 Å². The molecule has 0 amide bonds. The van der Waals surface area contributed by atoms with Crippen molar-refractivity contribution in [3.05, 3.63) is 0 Å². The molecule has 0 rings (SSSR count). The van der Waals surface area contributed by atoms with Crippen molar-refractivity contribution >= 4 is 5.78 Å². The Balaban J connectivity index is 4.48. The van der Waals surface area contributed by atoms with Crippen LogP contribution in [-0.4, -0.2) is 29.8 Å². The van der Waals surface area contributed by atoms with Gasteiger partial charge in [0.25, 0.3) is 0 Å². The Labute approximate surface area is 89.7 Å². The SMILES string of the molecule is CCCCC(CC)C(=O)C(O)(CF)CF. The zero-order valence-electron chi connectivity index (χ0n) is 9.43. The van der Waals surface area contributed by atoms with E-state index in [0.717, 1.165) is 12.8 Å². The number of carbonyl (C=O) groups is 1. The van der Waals surface area contributed by atoms with Crippen molar-refractivity contribution in [2.45, 2.75) is 45.1 Å². The summed E-state index contributed by atoms with van der Waals surface area (Å²) in [6, 6.07) is 0. The van der Waals surface area contributed by atoms with Crippen LogP contribution in [0.3, 0.4) is 0 Å². The standard InChI is InChI=1S/C11H20F2O2/c1-3-5-6-9(4-2)10(14)11(15,7-12)8-13/h9,15H,3-8H2,1-2H3. The molecule has 0 fully saturated rings. The number of halogens is 2. The van der Waals surface area contributed by atoms with Crippen molar-refractivity contribution in [1.82, 2.24) is 0 Å². The Bertz CT molecular complexity index is 191. The third-order valence-electron chi connectivity index (χ3n) is 2.67. The summed E-state index contributed by atoms with van der Waals surface area (Å²) in [5.74, 6) is -1.12. The molecule has 0 bridgehead atoms. The molecule has 0 spiro atoms. The number of hydrogen-bond acceptors (Lipinski definition) is 2. The van der Waals surface area contributed by atoms with Gasteiger partial charge in [0.15, 0.2) is 11.4 Å². The summed E-state index contributed by atoms with van der Waals surface area (Å²) in [6.07, 6.45) is 2.86. The number of unbranched alkanes of at least 4 members (excludes halogenated alkanes) is 1. The van der Waals surface area contributed by atoms with Crippen LogP contribution in [0.15, 0.2) is 0 Å². The number of carbonyl (C=O) groups excluding carboxylic acids is 1. The van der Waals surface area contributed by atoms with Crippen molar-refractivity contribution in [2.75, 3.05) is 13.3 Å². The van der Waals surface area contributed by atoms with Gasteiger partial charge in [-0.25, -0.2) is 8.78 Å². The molecular weight excluding hydrogens is 202 g/mol. The zero-order chi connectivity index (χ0) is 11.9. The molecule has 0 radical (unpaired) electrons. The molecule has 0 saturated carbocycles. The number of rotatable bonds is 8. The number of alkyl halides is 2. The highest BCUT2D eigenvalue weighted by Crippen LogP contribution is 2.21. The average Bonchev–Trinajstić information content (AvgIpc) is 2.28. The van der Waals surface area contributed by atoms with E-state index in [4.69, 9.17) is 0 Å². The molecule has 0 aliphatic heterocycles. The molecule has 0 aromatic rings. The van der Waals surface area contributed by atoms with Crippen LogP contribution in [0.5, 0.6) is 0 Å². The van der Waals surface area contributed by atoms with Gasteiger partial charge in [0, 0.05) is 5.92 Å². The smallest absolute Gasteiger partial charge is 0.179 e. The van der Waals surface area contributed by atoms with Gasteiger partial charge in [0.1, 0.15) is 13.3 Å². The predicted molar refractivity (Wildman–Crippen MR) is 55.2 cm³/mol. The van der Waals surface area contributed by atoms with Crippen molar-refractivity contribution in [3.8, 4) is 0 Å². The topological polar surface area (TPSA) is 37.3 Å². The number of Topliss-reactive ketones (excluding diaryl/α,β-unsaturated/α-hetero) is 1. The molecule has 1 N–H and O–H groups in total. The Morgan fingerprint density at radius 1 is 1.33 bits per heavy atom. The lowest BCUT2D eigenvalue weighted by molar-refractivity contribution is -0.145. The summed E-state index contributed by atoms with van der Waals surface area (Å²) in [6.45, 7) is 1.08. The second-order valence-corrected chi connectivity index (χ2v) is 3.91. The minimum Gasteiger partial charge on any atom is -0.377 e. The second-order valence-electron chi connectivity index (χ2n) is 3.91. The minimum atomic E-state index is -2.41. The van der Waals surface area contributed by atoms with Crippen LogP contribution in [0, 0.1) is 5.92 Å². The fraction of sp³-hybridized carbons (Fsp3) is 0.909. The quantitative estimate of drug-likeness (QED) is 0.685. The van der Waals surface area contributed by atoms with E-state index in [1.54, 1.807) is 6.92 Å². The summed E-state index contributed by atoms with van der Waals surface area (Å²) >= 11 is 0. The van der Waals surface area contributed by atoms with Crippen molar-refractivity contribution in [3.63, 3.8) is 0 Å². The maximum absolute atomic E-state index is 12.4. The Morgan fingerprint density at radius 2 is 1.87 bits per heavy atom. The van der Waals surface area contributed by atoms with Gasteiger partial charge in [0.2, 0.25) is 0 Å². The van der Waals surface area contributed by atoms with Crippen molar-refractivity contribution in [2.24, 2.45) is 5.92 Å². The zero-order valence-corrected chi connectivity index (χ0v) is 9.43.